The summed E-state index contributed by atoms with van der Waals surface area (Å²) in [5, 5.41) is 9.81. The third-order valence-corrected chi connectivity index (χ3v) is 4.04. The summed E-state index contributed by atoms with van der Waals surface area (Å²) < 4.78 is 0. The number of aryl methyl sites for hydroxylation is 1. The summed E-state index contributed by atoms with van der Waals surface area (Å²) >= 11 is 0. The molecule has 0 radical (unpaired) electrons. The predicted octanol–water partition coefficient (Wildman–Crippen LogP) is 2.20. The molecule has 1 aromatic carbocycles. The van der Waals surface area contributed by atoms with E-state index in [1.54, 1.807) is 0 Å². The minimum absolute atomic E-state index is 0.0424. The first-order valence-corrected chi connectivity index (χ1v) is 6.59. The lowest BCUT2D eigenvalue weighted by molar-refractivity contribution is 0.105. The van der Waals surface area contributed by atoms with E-state index in [4.69, 9.17) is 0 Å². The van der Waals surface area contributed by atoms with Crippen molar-refractivity contribution in [1.82, 2.24) is 4.90 Å². The minimum atomic E-state index is -0.0424. The fraction of sp³-hybridized carbons (Fsp3) is 0.600. The summed E-state index contributed by atoms with van der Waals surface area (Å²) in [4.78, 5) is 2.33. The minimum Gasteiger partial charge on any atom is -0.395 e. The highest BCUT2D eigenvalue weighted by molar-refractivity contribution is 5.30. The number of likely N-dealkylation sites (N-methyl/N-ethyl adjacent to an activating group) is 1. The van der Waals surface area contributed by atoms with Gasteiger partial charge >= 0.3 is 0 Å². The molecule has 17 heavy (non-hydrogen) atoms. The molecule has 0 bridgehead atoms. The van der Waals surface area contributed by atoms with Crippen LogP contribution in [0.1, 0.15) is 30.9 Å². The van der Waals surface area contributed by atoms with Gasteiger partial charge in [-0.3, -0.25) is 0 Å². The summed E-state index contributed by atoms with van der Waals surface area (Å²) in [5.74, 6) is 0. The summed E-state index contributed by atoms with van der Waals surface area (Å²) in [6.45, 7) is 4.54. The van der Waals surface area contributed by atoms with E-state index in [9.17, 15) is 5.11 Å². The Morgan fingerprint density at radius 2 is 2.00 bits per heavy atom. The second-order valence-corrected chi connectivity index (χ2v) is 5.33. The maximum Gasteiger partial charge on any atom is 0.0540 e. The van der Waals surface area contributed by atoms with Gasteiger partial charge in [-0.2, -0.15) is 0 Å². The number of benzene rings is 1. The highest BCUT2D eigenvalue weighted by Crippen LogP contribution is 2.33. The quantitative estimate of drug-likeness (QED) is 0.865. The number of aliphatic hydroxyl groups excluding tert-OH is 1. The maximum absolute atomic E-state index is 9.81. The number of rotatable bonds is 3. The van der Waals surface area contributed by atoms with Crippen LogP contribution in [0, 0.1) is 0 Å². The monoisotopic (exact) mass is 233 g/mol. The Bertz CT molecular complexity index is 360. The van der Waals surface area contributed by atoms with E-state index in [2.05, 4.69) is 43.1 Å². The Labute approximate surface area is 104 Å². The van der Waals surface area contributed by atoms with Gasteiger partial charge in [-0.15, -0.1) is 0 Å². The summed E-state index contributed by atoms with van der Waals surface area (Å²) in [6, 6.07) is 8.80. The van der Waals surface area contributed by atoms with Gasteiger partial charge in [-0.05, 0) is 44.0 Å². The van der Waals surface area contributed by atoms with Crippen molar-refractivity contribution in [3.8, 4) is 0 Å². The third-order valence-electron chi connectivity index (χ3n) is 4.04. The maximum atomic E-state index is 9.81. The first kappa shape index (κ1) is 12.6. The predicted molar refractivity (Wildman–Crippen MR) is 71.3 cm³/mol. The Balaban J connectivity index is 2.26. The van der Waals surface area contributed by atoms with E-state index in [0.717, 1.165) is 25.9 Å². The third kappa shape index (κ3) is 2.53. The lowest BCUT2D eigenvalue weighted by Crippen LogP contribution is -2.46. The Kier molecular flexibility index (Phi) is 3.85. The number of likely N-dealkylation sites (tertiary alicyclic amines) is 1. The van der Waals surface area contributed by atoms with Crippen molar-refractivity contribution in [3.05, 3.63) is 35.4 Å². The average Bonchev–Trinajstić information content (AvgIpc) is 2.38. The van der Waals surface area contributed by atoms with Crippen LogP contribution in [-0.4, -0.2) is 36.8 Å². The molecule has 1 aliphatic rings. The normalized spacial score (nSPS) is 26.1. The molecule has 0 amide bonds. The van der Waals surface area contributed by atoms with Crippen LogP contribution in [0.3, 0.4) is 0 Å². The molecule has 1 unspecified atom stereocenters. The van der Waals surface area contributed by atoms with Gasteiger partial charge in [0.05, 0.1) is 6.61 Å². The van der Waals surface area contributed by atoms with E-state index >= 15 is 0 Å². The molecule has 1 fully saturated rings. The van der Waals surface area contributed by atoms with Crippen LogP contribution in [0.4, 0.5) is 0 Å². The number of aliphatic hydroxyl groups is 1. The zero-order valence-electron chi connectivity index (χ0n) is 10.9. The molecule has 0 spiro atoms. The van der Waals surface area contributed by atoms with Gasteiger partial charge in [-0.1, -0.05) is 31.2 Å². The van der Waals surface area contributed by atoms with Gasteiger partial charge in [-0.25, -0.2) is 0 Å². The zero-order chi connectivity index (χ0) is 12.3. The Hall–Kier alpha value is -0.860. The van der Waals surface area contributed by atoms with Crippen molar-refractivity contribution in [2.24, 2.45) is 0 Å². The molecule has 2 heteroatoms. The number of piperidine rings is 1. The molecular formula is C15H23NO. The van der Waals surface area contributed by atoms with Crippen LogP contribution in [0.2, 0.25) is 0 Å². The molecule has 1 heterocycles. The first-order chi connectivity index (χ1) is 8.20. The summed E-state index contributed by atoms with van der Waals surface area (Å²) in [6.07, 6.45) is 3.35. The molecule has 1 saturated heterocycles. The molecule has 0 aliphatic carbocycles. The van der Waals surface area contributed by atoms with Crippen LogP contribution >= 0.6 is 0 Å². The lowest BCUT2D eigenvalue weighted by Gasteiger charge is -2.40. The molecule has 1 atom stereocenters. The fourth-order valence-electron chi connectivity index (χ4n) is 2.91. The van der Waals surface area contributed by atoms with Crippen LogP contribution in [-0.2, 0) is 11.8 Å². The van der Waals surface area contributed by atoms with Crippen molar-refractivity contribution in [3.63, 3.8) is 0 Å². The highest BCUT2D eigenvalue weighted by atomic mass is 16.3. The van der Waals surface area contributed by atoms with Crippen molar-refractivity contribution in [1.29, 1.82) is 0 Å². The van der Waals surface area contributed by atoms with Gasteiger partial charge in [0.1, 0.15) is 0 Å². The van der Waals surface area contributed by atoms with Gasteiger partial charge in [0.25, 0.3) is 0 Å². The summed E-state index contributed by atoms with van der Waals surface area (Å²) in [7, 11) is 2.14. The topological polar surface area (TPSA) is 23.5 Å². The zero-order valence-corrected chi connectivity index (χ0v) is 10.9. The lowest BCUT2D eigenvalue weighted by atomic mass is 9.74. The Morgan fingerprint density at radius 1 is 1.29 bits per heavy atom. The smallest absolute Gasteiger partial charge is 0.0540 e. The highest BCUT2D eigenvalue weighted by Gasteiger charge is 2.35. The molecule has 1 N–H and O–H groups in total. The number of nitrogens with zero attached hydrogens (tertiary/aromatic N) is 1. The average molecular weight is 233 g/mol. The van der Waals surface area contributed by atoms with E-state index in [0.29, 0.717) is 0 Å². The Morgan fingerprint density at radius 3 is 2.53 bits per heavy atom. The molecule has 94 valence electrons. The number of hydrogen-bond acceptors (Lipinski definition) is 2. The van der Waals surface area contributed by atoms with Crippen molar-refractivity contribution >= 4 is 0 Å². The van der Waals surface area contributed by atoms with E-state index < -0.39 is 0 Å². The van der Waals surface area contributed by atoms with E-state index in [1.807, 2.05) is 0 Å². The molecule has 0 aromatic heterocycles. The molecule has 2 nitrogen and oxygen atoms in total. The van der Waals surface area contributed by atoms with E-state index in [1.165, 1.54) is 17.5 Å². The van der Waals surface area contributed by atoms with Crippen molar-refractivity contribution in [2.75, 3.05) is 26.7 Å². The molecule has 0 saturated carbocycles. The van der Waals surface area contributed by atoms with E-state index in [-0.39, 0.29) is 12.0 Å². The second-order valence-electron chi connectivity index (χ2n) is 5.33. The van der Waals surface area contributed by atoms with Crippen molar-refractivity contribution in [2.45, 2.75) is 31.6 Å². The SMILES string of the molecule is CCc1ccc(C2(CO)CCCN(C)C2)cc1. The van der Waals surface area contributed by atoms with Gasteiger partial charge < -0.3 is 10.0 Å². The van der Waals surface area contributed by atoms with Crippen LogP contribution in [0.5, 0.6) is 0 Å². The van der Waals surface area contributed by atoms with Gasteiger partial charge in [0.15, 0.2) is 0 Å². The van der Waals surface area contributed by atoms with Crippen LogP contribution < -0.4 is 0 Å². The van der Waals surface area contributed by atoms with Crippen LogP contribution in [0.15, 0.2) is 24.3 Å². The molecule has 1 aromatic rings. The van der Waals surface area contributed by atoms with Crippen LogP contribution in [0.25, 0.3) is 0 Å². The van der Waals surface area contributed by atoms with Crippen molar-refractivity contribution < 1.29 is 5.11 Å². The summed E-state index contributed by atoms with van der Waals surface area (Å²) in [5.41, 5.74) is 2.62. The molecule has 1 aliphatic heterocycles. The van der Waals surface area contributed by atoms with Gasteiger partial charge in [0.2, 0.25) is 0 Å². The largest absolute Gasteiger partial charge is 0.395 e. The molecule has 2 rings (SSSR count). The number of hydrogen-bond donors (Lipinski definition) is 1. The second kappa shape index (κ2) is 5.19. The standard InChI is InChI=1S/C15H23NO/c1-3-13-5-7-14(8-6-13)15(12-17)9-4-10-16(2)11-15/h5-8,17H,3-4,9-12H2,1-2H3. The fourth-order valence-corrected chi connectivity index (χ4v) is 2.91. The first-order valence-electron chi connectivity index (χ1n) is 6.59. The van der Waals surface area contributed by atoms with Gasteiger partial charge in [0, 0.05) is 12.0 Å². The molecular weight excluding hydrogens is 210 g/mol.